The molecule has 272 valence electrons. The molecular formula is C46H48Cl2O2P2Zr. The van der Waals surface area contributed by atoms with Crippen LogP contribution in [0.5, 0.6) is 11.5 Å². The molecule has 0 radical (unpaired) electrons. The Kier molecular flexibility index (Phi) is 15.2. The molecule has 0 aliphatic carbocycles. The number of halogens is 2. The molecule has 0 spiro atoms. The van der Waals surface area contributed by atoms with Crippen molar-refractivity contribution in [3.63, 3.8) is 0 Å². The molecule has 0 aliphatic heterocycles. The molecule has 0 atom stereocenters. The van der Waals surface area contributed by atoms with Gasteiger partial charge in [-0.3, -0.25) is 0 Å². The van der Waals surface area contributed by atoms with Crippen molar-refractivity contribution in [2.75, 3.05) is 0 Å². The third-order valence-corrected chi connectivity index (χ3v) is 15.4. The minimum atomic E-state index is -1.89. The van der Waals surface area contributed by atoms with Gasteiger partial charge in [0.2, 0.25) is 0 Å². The van der Waals surface area contributed by atoms with E-state index in [9.17, 15) is 0 Å². The van der Waals surface area contributed by atoms with Crippen LogP contribution in [0, 0.1) is 13.8 Å². The van der Waals surface area contributed by atoms with Crippen molar-refractivity contribution in [2.45, 2.75) is 66.2 Å². The van der Waals surface area contributed by atoms with E-state index in [4.69, 9.17) is 5.63 Å². The van der Waals surface area contributed by atoms with Gasteiger partial charge in [-0.2, -0.15) is 0 Å². The van der Waals surface area contributed by atoms with Crippen molar-refractivity contribution >= 4 is 47.7 Å². The van der Waals surface area contributed by atoms with E-state index in [0.29, 0.717) is 0 Å². The Balaban J connectivity index is 0.00000314. The zero-order valence-corrected chi connectivity index (χ0v) is 37.6. The van der Waals surface area contributed by atoms with E-state index in [1.807, 2.05) is 0 Å². The Morgan fingerprint density at radius 1 is 0.415 bits per heavy atom. The van der Waals surface area contributed by atoms with E-state index in [0.717, 1.165) is 22.6 Å². The van der Waals surface area contributed by atoms with Crippen LogP contribution in [0.1, 0.15) is 63.8 Å². The second-order valence-electron chi connectivity index (χ2n) is 15.1. The summed E-state index contributed by atoms with van der Waals surface area (Å²) in [5.41, 5.74) is 4.96. The number of rotatable bonds is 10. The van der Waals surface area contributed by atoms with Crippen molar-refractivity contribution in [1.82, 2.24) is 0 Å². The third kappa shape index (κ3) is 10.3. The fourth-order valence-corrected chi connectivity index (χ4v) is 13.5. The summed E-state index contributed by atoms with van der Waals surface area (Å²) in [6.45, 7) is 18.2. The fraction of sp³-hybridized carbons (Fsp3) is 0.217. The summed E-state index contributed by atoms with van der Waals surface area (Å²) in [5, 5.41) is 7.76. The summed E-state index contributed by atoms with van der Waals surface area (Å²) in [5.74, 6) is 1.96. The molecule has 0 aliphatic rings. The van der Waals surface area contributed by atoms with Crippen LogP contribution in [0.3, 0.4) is 0 Å². The van der Waals surface area contributed by atoms with Crippen LogP contribution in [0.2, 0.25) is 0 Å². The van der Waals surface area contributed by atoms with Crippen LogP contribution < -0.4 is 62.3 Å². The predicted molar refractivity (Wildman–Crippen MR) is 218 cm³/mol. The van der Waals surface area contributed by atoms with Gasteiger partial charge in [0.1, 0.15) is 0 Å². The average Bonchev–Trinajstić information content (AvgIpc) is 3.11. The second-order valence-corrected chi connectivity index (χ2v) is 20.9. The molecule has 6 rings (SSSR count). The molecule has 7 heteroatoms. The average molecular weight is 857 g/mol. The van der Waals surface area contributed by atoms with Crippen molar-refractivity contribution in [3.05, 3.63) is 168 Å². The molecule has 0 N–H and O–H groups in total. The van der Waals surface area contributed by atoms with Gasteiger partial charge in [-0.25, -0.2) is 0 Å². The van der Waals surface area contributed by atoms with Crippen LogP contribution in [0.4, 0.5) is 0 Å². The van der Waals surface area contributed by atoms with Gasteiger partial charge >= 0.3 is 323 Å². The zero-order valence-electron chi connectivity index (χ0n) is 31.8. The van der Waals surface area contributed by atoms with Gasteiger partial charge in [-0.1, -0.05) is 0 Å². The molecule has 2 nitrogen and oxygen atoms in total. The van der Waals surface area contributed by atoms with Gasteiger partial charge < -0.3 is 24.8 Å². The van der Waals surface area contributed by atoms with Crippen molar-refractivity contribution in [2.24, 2.45) is 0 Å². The Morgan fingerprint density at radius 2 is 0.679 bits per heavy atom. The maximum Gasteiger partial charge on any atom is -1.00 e. The zero-order chi connectivity index (χ0) is 36.2. The van der Waals surface area contributed by atoms with Gasteiger partial charge in [-0.15, -0.1) is 0 Å². The van der Waals surface area contributed by atoms with Crippen LogP contribution in [-0.4, -0.2) is 0 Å². The third-order valence-electron chi connectivity index (χ3n) is 9.07. The topological polar surface area (TPSA) is 18.5 Å². The molecule has 0 bridgehead atoms. The second kappa shape index (κ2) is 18.7. The summed E-state index contributed by atoms with van der Waals surface area (Å²) in [6, 6.07) is 53.2. The van der Waals surface area contributed by atoms with Gasteiger partial charge in [-0.05, 0) is 0 Å². The minimum Gasteiger partial charge on any atom is -1.00 e. The summed E-state index contributed by atoms with van der Waals surface area (Å²) >= 11 is -1.89. The maximum atomic E-state index is 7.03. The van der Waals surface area contributed by atoms with Crippen molar-refractivity contribution in [1.29, 1.82) is 0 Å². The smallest absolute Gasteiger partial charge is 1.00 e. The van der Waals surface area contributed by atoms with E-state index in [2.05, 4.69) is 201 Å². The molecular weight excluding hydrogens is 809 g/mol. The quantitative estimate of drug-likeness (QED) is 0.196. The van der Waals surface area contributed by atoms with Crippen LogP contribution in [-0.2, 0) is 34.9 Å². The first-order valence-electron chi connectivity index (χ1n) is 17.6. The van der Waals surface area contributed by atoms with Crippen LogP contribution >= 0.6 is 15.8 Å². The Morgan fingerprint density at radius 3 is 0.925 bits per heavy atom. The molecule has 6 aromatic carbocycles. The van der Waals surface area contributed by atoms with E-state index >= 15 is 0 Å². The van der Waals surface area contributed by atoms with Crippen LogP contribution in [0.25, 0.3) is 0 Å². The van der Waals surface area contributed by atoms with Gasteiger partial charge in [0.15, 0.2) is 0 Å². The number of benzene rings is 6. The van der Waals surface area contributed by atoms with E-state index < -0.39 is 40.0 Å². The van der Waals surface area contributed by atoms with E-state index in [-0.39, 0.29) is 35.6 Å². The molecule has 0 heterocycles. The maximum absolute atomic E-state index is 7.03. The first-order chi connectivity index (χ1) is 24.4. The van der Waals surface area contributed by atoms with Crippen molar-refractivity contribution < 1.29 is 54.6 Å². The van der Waals surface area contributed by atoms with Gasteiger partial charge in [0.05, 0.1) is 0 Å². The van der Waals surface area contributed by atoms with E-state index in [1.165, 1.54) is 43.0 Å². The number of hydrogen-bond donors (Lipinski definition) is 0. The molecule has 0 aromatic heterocycles. The Bertz CT molecular complexity index is 1840. The first kappa shape index (κ1) is 43.0. The number of aryl methyl sites for hydroxylation is 2. The standard InChI is InChI=1S/2C23H25OP.2ClH.Zr/c2*1-17-15-18(23(2,3)4)16-21(22(17)24)25(19-11-7-5-8-12-19)20-13-9-6-10-14-20;;;/h2*5-16,24H,1-4H3;2*1H;/q;;;;+4/p-4. The fourth-order valence-electron chi connectivity index (χ4n) is 6.24. The monoisotopic (exact) mass is 854 g/mol. The molecule has 0 amide bonds. The molecule has 6 aromatic rings. The first-order valence-corrected chi connectivity index (χ1v) is 22.3. The van der Waals surface area contributed by atoms with Crippen molar-refractivity contribution in [3.8, 4) is 11.5 Å². The Labute approximate surface area is 345 Å². The summed E-state index contributed by atoms with van der Waals surface area (Å²) in [4.78, 5) is 0. The minimum absolute atomic E-state index is 0. The van der Waals surface area contributed by atoms with E-state index in [1.54, 1.807) is 0 Å². The molecule has 0 saturated heterocycles. The normalized spacial score (nSPS) is 11.4. The largest absolute Gasteiger partial charge is 1.00 e. The van der Waals surface area contributed by atoms with Gasteiger partial charge in [0, 0.05) is 0 Å². The SMILES string of the molecule is Cc1cc(C(C)(C)C)cc(P(c2ccccc2)c2ccccc2)c1[O][Zr+2][O]c1c(C)cc(C(C)(C)C)cc1P(c1ccccc1)c1ccccc1.[Cl-].[Cl-]. The molecule has 53 heavy (non-hydrogen) atoms. The number of hydrogen-bond acceptors (Lipinski definition) is 2. The summed E-state index contributed by atoms with van der Waals surface area (Å²) in [6.07, 6.45) is 0. The molecule has 0 fully saturated rings. The Hall–Kier alpha value is -2.76. The van der Waals surface area contributed by atoms with Gasteiger partial charge in [0.25, 0.3) is 0 Å². The molecule has 0 unspecified atom stereocenters. The summed E-state index contributed by atoms with van der Waals surface area (Å²) in [7, 11) is -1.74. The summed E-state index contributed by atoms with van der Waals surface area (Å²) < 4.78 is 14.1. The van der Waals surface area contributed by atoms with Crippen LogP contribution in [0.15, 0.2) is 146 Å². The predicted octanol–water partition coefficient (Wildman–Crippen LogP) is 3.79. The molecule has 0 saturated carbocycles.